The third-order valence-electron chi connectivity index (χ3n) is 6.05. The van der Waals surface area contributed by atoms with Crippen LogP contribution in [0.5, 0.6) is 11.5 Å². The molecule has 1 aliphatic carbocycles. The highest BCUT2D eigenvalue weighted by Crippen LogP contribution is 2.37. The normalized spacial score (nSPS) is 14.5. The second-order valence-corrected chi connectivity index (χ2v) is 8.32. The maximum Gasteiger partial charge on any atom is 0.303 e. The average Bonchev–Trinajstić information content (AvgIpc) is 3.23. The smallest absolute Gasteiger partial charge is 0.303 e. The molecule has 1 N–H and O–H groups in total. The molecule has 0 bridgehead atoms. The second-order valence-electron chi connectivity index (χ2n) is 8.32. The van der Waals surface area contributed by atoms with Crippen molar-refractivity contribution >= 4 is 11.9 Å². The van der Waals surface area contributed by atoms with Crippen molar-refractivity contribution in [2.24, 2.45) is 0 Å². The number of ether oxygens (including phenoxy) is 2. The van der Waals surface area contributed by atoms with Crippen molar-refractivity contribution in [3.8, 4) is 22.6 Å². The van der Waals surface area contributed by atoms with Gasteiger partial charge in [-0.25, -0.2) is 9.97 Å². The number of carboxylic acids is 1. The lowest BCUT2D eigenvalue weighted by Gasteiger charge is -2.17. The van der Waals surface area contributed by atoms with Crippen molar-refractivity contribution in [1.82, 2.24) is 9.97 Å². The van der Waals surface area contributed by atoms with E-state index in [0.29, 0.717) is 12.6 Å². The number of benzene rings is 2. The van der Waals surface area contributed by atoms with Crippen LogP contribution in [-0.2, 0) is 11.2 Å². The summed E-state index contributed by atoms with van der Waals surface area (Å²) in [5.74, 6) is 1.72. The Morgan fingerprint density at radius 2 is 1.82 bits per heavy atom. The average molecular weight is 448 g/mol. The third kappa shape index (κ3) is 5.61. The molecule has 0 saturated carbocycles. The van der Waals surface area contributed by atoms with Crippen LogP contribution in [0, 0.1) is 0 Å². The van der Waals surface area contributed by atoms with Gasteiger partial charge in [0.05, 0.1) is 20.1 Å². The van der Waals surface area contributed by atoms with E-state index in [2.05, 4.69) is 16.0 Å². The Hall–Kier alpha value is -3.61. The topological polar surface area (TPSA) is 84.8 Å². The van der Waals surface area contributed by atoms with Gasteiger partial charge < -0.3 is 19.5 Å². The molecule has 0 saturated heterocycles. The summed E-state index contributed by atoms with van der Waals surface area (Å²) in [6.07, 6.45) is 6.50. The predicted molar refractivity (Wildman–Crippen MR) is 127 cm³/mol. The summed E-state index contributed by atoms with van der Waals surface area (Å²) in [6, 6.07) is 13.9. The standard InChI is InChI=1S/C26H29N3O4/c1-29(26-27-16-21(17-28-26)18-6-8-22(32-2)9-7-18)12-3-13-33-23-10-11-24-19(14-23)4-5-20(24)15-25(30)31/h6-11,14,16-17,20H,3-5,12-13,15H2,1-2H3,(H,30,31)/t20-/m0/s1. The Morgan fingerprint density at radius 3 is 2.52 bits per heavy atom. The molecule has 0 aliphatic heterocycles. The number of aromatic nitrogens is 2. The van der Waals surface area contributed by atoms with Gasteiger partial charge in [0.1, 0.15) is 11.5 Å². The largest absolute Gasteiger partial charge is 0.497 e. The molecule has 1 aromatic heterocycles. The third-order valence-corrected chi connectivity index (χ3v) is 6.05. The molecule has 0 amide bonds. The molecular formula is C26H29N3O4. The molecule has 0 unspecified atom stereocenters. The monoisotopic (exact) mass is 447 g/mol. The minimum atomic E-state index is -0.739. The number of carbonyl (C=O) groups is 1. The molecule has 2 aromatic carbocycles. The minimum Gasteiger partial charge on any atom is -0.497 e. The van der Waals surface area contributed by atoms with Crippen molar-refractivity contribution in [2.75, 3.05) is 32.2 Å². The Balaban J connectivity index is 1.25. The maximum absolute atomic E-state index is 11.0. The molecular weight excluding hydrogens is 418 g/mol. The maximum atomic E-state index is 11.0. The number of fused-ring (bicyclic) bond motifs is 1. The minimum absolute atomic E-state index is 0.122. The Labute approximate surface area is 194 Å². The van der Waals surface area contributed by atoms with Crippen LogP contribution in [0.15, 0.2) is 54.9 Å². The Morgan fingerprint density at radius 1 is 1.09 bits per heavy atom. The number of rotatable bonds is 10. The molecule has 33 heavy (non-hydrogen) atoms. The number of aliphatic carboxylic acids is 1. The molecule has 0 fully saturated rings. The lowest BCUT2D eigenvalue weighted by molar-refractivity contribution is -0.137. The van der Waals surface area contributed by atoms with Gasteiger partial charge in [0, 0.05) is 31.5 Å². The second kappa shape index (κ2) is 10.3. The summed E-state index contributed by atoms with van der Waals surface area (Å²) < 4.78 is 11.1. The van der Waals surface area contributed by atoms with Gasteiger partial charge in [-0.15, -0.1) is 0 Å². The fraction of sp³-hybridized carbons (Fsp3) is 0.346. The summed E-state index contributed by atoms with van der Waals surface area (Å²) in [7, 11) is 3.62. The van der Waals surface area contributed by atoms with Gasteiger partial charge in [-0.1, -0.05) is 18.2 Å². The first-order chi connectivity index (χ1) is 16.0. The van der Waals surface area contributed by atoms with Gasteiger partial charge in [0.2, 0.25) is 5.95 Å². The van der Waals surface area contributed by atoms with E-state index in [4.69, 9.17) is 14.6 Å². The molecule has 172 valence electrons. The fourth-order valence-electron chi connectivity index (χ4n) is 4.24. The van der Waals surface area contributed by atoms with Gasteiger partial charge >= 0.3 is 5.97 Å². The zero-order chi connectivity index (χ0) is 23.2. The zero-order valence-electron chi connectivity index (χ0n) is 19.0. The lowest BCUT2D eigenvalue weighted by atomic mass is 9.98. The van der Waals surface area contributed by atoms with Crippen LogP contribution in [0.3, 0.4) is 0 Å². The molecule has 0 radical (unpaired) electrons. The number of aryl methyl sites for hydroxylation is 1. The van der Waals surface area contributed by atoms with E-state index >= 15 is 0 Å². The van der Waals surface area contributed by atoms with Crippen molar-refractivity contribution in [3.63, 3.8) is 0 Å². The van der Waals surface area contributed by atoms with Crippen LogP contribution in [0.4, 0.5) is 5.95 Å². The molecule has 4 rings (SSSR count). The van der Waals surface area contributed by atoms with Gasteiger partial charge in [-0.3, -0.25) is 4.79 Å². The van der Waals surface area contributed by atoms with Gasteiger partial charge in [-0.05, 0) is 66.1 Å². The number of carboxylic acid groups (broad SMARTS) is 1. The van der Waals surface area contributed by atoms with E-state index < -0.39 is 5.97 Å². The summed E-state index contributed by atoms with van der Waals surface area (Å²) in [5.41, 5.74) is 4.36. The number of nitrogens with zero attached hydrogens (tertiary/aromatic N) is 3. The number of anilines is 1. The van der Waals surface area contributed by atoms with E-state index in [1.165, 1.54) is 5.56 Å². The number of methoxy groups -OCH3 is 1. The van der Waals surface area contributed by atoms with Gasteiger partial charge in [0.15, 0.2) is 0 Å². The quantitative estimate of drug-likeness (QED) is 0.456. The first-order valence-corrected chi connectivity index (χ1v) is 11.2. The molecule has 1 heterocycles. The number of hydrogen-bond donors (Lipinski definition) is 1. The first-order valence-electron chi connectivity index (χ1n) is 11.2. The molecule has 0 spiro atoms. The highest BCUT2D eigenvalue weighted by atomic mass is 16.5. The van der Waals surface area contributed by atoms with Crippen LogP contribution >= 0.6 is 0 Å². The molecule has 1 atom stereocenters. The highest BCUT2D eigenvalue weighted by molar-refractivity contribution is 5.68. The zero-order valence-corrected chi connectivity index (χ0v) is 19.0. The molecule has 1 aliphatic rings. The van der Waals surface area contributed by atoms with Crippen molar-refractivity contribution < 1.29 is 19.4 Å². The Kier molecular flexibility index (Phi) is 7.07. The summed E-state index contributed by atoms with van der Waals surface area (Å²) in [4.78, 5) is 22.0. The van der Waals surface area contributed by atoms with Crippen LogP contribution < -0.4 is 14.4 Å². The van der Waals surface area contributed by atoms with Crippen LogP contribution in [0.1, 0.15) is 36.3 Å². The molecule has 7 nitrogen and oxygen atoms in total. The summed E-state index contributed by atoms with van der Waals surface area (Å²) >= 11 is 0. The van der Waals surface area contributed by atoms with E-state index in [0.717, 1.165) is 54.0 Å². The molecule has 7 heteroatoms. The summed E-state index contributed by atoms with van der Waals surface area (Å²) in [5, 5.41) is 9.07. The first kappa shape index (κ1) is 22.6. The van der Waals surface area contributed by atoms with Gasteiger partial charge in [-0.2, -0.15) is 0 Å². The SMILES string of the molecule is COc1ccc(-c2cnc(N(C)CCCOc3ccc4c(c3)CC[C@H]4CC(=O)O)nc2)cc1. The molecule has 3 aromatic rings. The lowest BCUT2D eigenvalue weighted by Crippen LogP contribution is -2.22. The van der Waals surface area contributed by atoms with E-state index in [1.54, 1.807) is 7.11 Å². The van der Waals surface area contributed by atoms with Crippen molar-refractivity contribution in [3.05, 3.63) is 66.0 Å². The van der Waals surface area contributed by atoms with Crippen LogP contribution in [-0.4, -0.2) is 48.4 Å². The number of hydrogen-bond acceptors (Lipinski definition) is 6. The summed E-state index contributed by atoms with van der Waals surface area (Å²) in [6.45, 7) is 1.36. The van der Waals surface area contributed by atoms with E-state index in [9.17, 15) is 4.79 Å². The Bertz CT molecular complexity index is 1080. The van der Waals surface area contributed by atoms with E-state index in [-0.39, 0.29) is 12.3 Å². The van der Waals surface area contributed by atoms with Crippen LogP contribution in [0.2, 0.25) is 0 Å². The fourth-order valence-corrected chi connectivity index (χ4v) is 4.24. The van der Waals surface area contributed by atoms with E-state index in [1.807, 2.05) is 60.7 Å². The predicted octanol–water partition coefficient (Wildman–Crippen LogP) is 4.56. The van der Waals surface area contributed by atoms with Crippen molar-refractivity contribution in [2.45, 2.75) is 31.6 Å². The van der Waals surface area contributed by atoms with Gasteiger partial charge in [0.25, 0.3) is 0 Å². The van der Waals surface area contributed by atoms with Crippen molar-refractivity contribution in [1.29, 1.82) is 0 Å². The van der Waals surface area contributed by atoms with Crippen LogP contribution in [0.25, 0.3) is 11.1 Å². The highest BCUT2D eigenvalue weighted by Gasteiger charge is 2.24.